The summed E-state index contributed by atoms with van der Waals surface area (Å²) in [6.07, 6.45) is 0.837. The van der Waals surface area contributed by atoms with Gasteiger partial charge in [0.1, 0.15) is 5.54 Å². The first-order chi connectivity index (χ1) is 7.85. The van der Waals surface area contributed by atoms with Crippen LogP contribution in [0.5, 0.6) is 0 Å². The van der Waals surface area contributed by atoms with Crippen LogP contribution in [-0.4, -0.2) is 5.54 Å². The molecule has 0 bridgehead atoms. The second-order valence-electron chi connectivity index (χ2n) is 6.02. The van der Waals surface area contributed by atoms with E-state index in [-0.39, 0.29) is 5.41 Å². The molecular weight excluding hydrogens is 208 g/mol. The van der Waals surface area contributed by atoms with Gasteiger partial charge in [-0.1, -0.05) is 51.1 Å². The summed E-state index contributed by atoms with van der Waals surface area (Å²) in [6.45, 7) is 9.19. The van der Waals surface area contributed by atoms with Gasteiger partial charge in [0, 0.05) is 6.54 Å². The number of hydrogen-bond donors (Lipinski definition) is 1. The number of benzene rings is 1. The van der Waals surface area contributed by atoms with Crippen LogP contribution in [0, 0.1) is 16.7 Å². The van der Waals surface area contributed by atoms with Crippen molar-refractivity contribution in [2.75, 3.05) is 0 Å². The zero-order valence-electron chi connectivity index (χ0n) is 11.2. The van der Waals surface area contributed by atoms with Crippen LogP contribution in [0.15, 0.2) is 30.3 Å². The average Bonchev–Trinajstić information content (AvgIpc) is 2.26. The lowest BCUT2D eigenvalue weighted by atomic mass is 9.81. The summed E-state index contributed by atoms with van der Waals surface area (Å²) in [6, 6.07) is 12.6. The summed E-state index contributed by atoms with van der Waals surface area (Å²) in [4.78, 5) is 0. The number of nitrogens with one attached hydrogen (secondary N) is 1. The van der Waals surface area contributed by atoms with Crippen LogP contribution in [0.2, 0.25) is 0 Å². The Kier molecular flexibility index (Phi) is 4.31. The highest BCUT2D eigenvalue weighted by molar-refractivity contribution is 5.16. The number of rotatable bonds is 4. The van der Waals surface area contributed by atoms with Gasteiger partial charge in [-0.2, -0.15) is 5.26 Å². The van der Waals surface area contributed by atoms with Gasteiger partial charge in [-0.05, 0) is 24.3 Å². The number of nitrogens with zero attached hydrogens (tertiary/aromatic N) is 1. The first-order valence-corrected chi connectivity index (χ1v) is 6.05. The summed E-state index contributed by atoms with van der Waals surface area (Å²) in [7, 11) is 0. The van der Waals surface area contributed by atoms with E-state index in [1.807, 2.05) is 25.1 Å². The standard InChI is InChI=1S/C15H22N2/c1-14(2,3)11-15(4,12-16)17-10-13-8-6-5-7-9-13/h5-9,17H,10-11H2,1-4H3. The lowest BCUT2D eigenvalue weighted by Gasteiger charge is -2.31. The maximum Gasteiger partial charge on any atom is 0.104 e. The second kappa shape index (κ2) is 5.33. The van der Waals surface area contributed by atoms with E-state index in [1.54, 1.807) is 0 Å². The summed E-state index contributed by atoms with van der Waals surface area (Å²) in [5.74, 6) is 0. The molecule has 0 aromatic heterocycles. The van der Waals surface area contributed by atoms with E-state index >= 15 is 0 Å². The van der Waals surface area contributed by atoms with Gasteiger partial charge >= 0.3 is 0 Å². The molecule has 0 aliphatic rings. The van der Waals surface area contributed by atoms with Crippen molar-refractivity contribution >= 4 is 0 Å². The fraction of sp³-hybridized carbons (Fsp3) is 0.533. The molecular formula is C15H22N2. The zero-order chi connectivity index (χ0) is 12.9. The molecule has 1 aromatic rings. The lowest BCUT2D eigenvalue weighted by Crippen LogP contribution is -2.43. The molecule has 1 aromatic carbocycles. The highest BCUT2D eigenvalue weighted by atomic mass is 15.0. The Morgan fingerprint density at radius 2 is 1.71 bits per heavy atom. The molecule has 0 radical (unpaired) electrons. The maximum absolute atomic E-state index is 9.31. The Morgan fingerprint density at radius 1 is 1.12 bits per heavy atom. The van der Waals surface area contributed by atoms with Crippen LogP contribution < -0.4 is 5.32 Å². The molecule has 17 heavy (non-hydrogen) atoms. The van der Waals surface area contributed by atoms with E-state index in [0.29, 0.717) is 0 Å². The van der Waals surface area contributed by atoms with E-state index < -0.39 is 5.54 Å². The molecule has 0 spiro atoms. The quantitative estimate of drug-likeness (QED) is 0.859. The molecule has 1 atom stereocenters. The smallest absolute Gasteiger partial charge is 0.104 e. The minimum absolute atomic E-state index is 0.147. The third-order valence-electron chi connectivity index (χ3n) is 2.66. The van der Waals surface area contributed by atoms with Gasteiger partial charge in [-0.25, -0.2) is 0 Å². The molecule has 0 saturated heterocycles. The van der Waals surface area contributed by atoms with Crippen molar-refractivity contribution in [1.82, 2.24) is 5.32 Å². The fourth-order valence-corrected chi connectivity index (χ4v) is 2.10. The van der Waals surface area contributed by atoms with Crippen molar-refractivity contribution in [3.05, 3.63) is 35.9 Å². The van der Waals surface area contributed by atoms with Crippen molar-refractivity contribution in [2.45, 2.75) is 46.2 Å². The van der Waals surface area contributed by atoms with Gasteiger partial charge in [-0.3, -0.25) is 5.32 Å². The van der Waals surface area contributed by atoms with Gasteiger partial charge in [0.2, 0.25) is 0 Å². The first-order valence-electron chi connectivity index (χ1n) is 6.05. The third-order valence-corrected chi connectivity index (χ3v) is 2.66. The third kappa shape index (κ3) is 5.01. The van der Waals surface area contributed by atoms with Crippen molar-refractivity contribution < 1.29 is 0 Å². The maximum atomic E-state index is 9.31. The molecule has 0 amide bonds. The van der Waals surface area contributed by atoms with Crippen LogP contribution >= 0.6 is 0 Å². The van der Waals surface area contributed by atoms with Crippen LogP contribution in [0.4, 0.5) is 0 Å². The summed E-state index contributed by atoms with van der Waals surface area (Å²) in [5, 5.41) is 12.7. The van der Waals surface area contributed by atoms with Crippen LogP contribution in [0.3, 0.4) is 0 Å². The minimum atomic E-state index is -0.464. The van der Waals surface area contributed by atoms with Gasteiger partial charge < -0.3 is 0 Å². The Balaban J connectivity index is 2.62. The molecule has 1 N–H and O–H groups in total. The molecule has 0 heterocycles. The van der Waals surface area contributed by atoms with E-state index in [0.717, 1.165) is 13.0 Å². The van der Waals surface area contributed by atoms with E-state index in [1.165, 1.54) is 5.56 Å². The van der Waals surface area contributed by atoms with Crippen LogP contribution in [0.25, 0.3) is 0 Å². The molecule has 1 unspecified atom stereocenters. The molecule has 0 aliphatic carbocycles. The Bertz CT molecular complexity index is 384. The SMILES string of the molecule is CC(C)(C)CC(C)(C#N)NCc1ccccc1. The molecule has 1 rings (SSSR count). The van der Waals surface area contributed by atoms with E-state index in [2.05, 4.69) is 44.3 Å². The van der Waals surface area contributed by atoms with E-state index in [9.17, 15) is 5.26 Å². The Labute approximate surface area is 105 Å². The van der Waals surface area contributed by atoms with E-state index in [4.69, 9.17) is 0 Å². The van der Waals surface area contributed by atoms with Crippen molar-refractivity contribution in [3.63, 3.8) is 0 Å². The largest absolute Gasteiger partial charge is 0.295 e. The van der Waals surface area contributed by atoms with Crippen molar-refractivity contribution in [3.8, 4) is 6.07 Å². The average molecular weight is 230 g/mol. The molecule has 0 fully saturated rings. The molecule has 0 saturated carbocycles. The normalized spacial score (nSPS) is 15.0. The predicted molar refractivity (Wildman–Crippen MR) is 71.4 cm³/mol. The summed E-state index contributed by atoms with van der Waals surface area (Å²) < 4.78 is 0. The lowest BCUT2D eigenvalue weighted by molar-refractivity contribution is 0.271. The Hall–Kier alpha value is -1.33. The zero-order valence-corrected chi connectivity index (χ0v) is 11.2. The minimum Gasteiger partial charge on any atom is -0.295 e. The molecule has 0 aliphatic heterocycles. The van der Waals surface area contributed by atoms with Crippen LogP contribution in [-0.2, 0) is 6.54 Å². The summed E-state index contributed by atoms with van der Waals surface area (Å²) >= 11 is 0. The van der Waals surface area contributed by atoms with Gasteiger partial charge in [0.15, 0.2) is 0 Å². The van der Waals surface area contributed by atoms with Crippen molar-refractivity contribution in [1.29, 1.82) is 5.26 Å². The highest BCUT2D eigenvalue weighted by Crippen LogP contribution is 2.26. The first kappa shape index (κ1) is 13.7. The molecule has 92 valence electrons. The second-order valence-corrected chi connectivity index (χ2v) is 6.02. The topological polar surface area (TPSA) is 35.8 Å². The Morgan fingerprint density at radius 3 is 2.18 bits per heavy atom. The molecule has 2 heteroatoms. The van der Waals surface area contributed by atoms with Crippen molar-refractivity contribution in [2.24, 2.45) is 5.41 Å². The molecule has 2 nitrogen and oxygen atoms in total. The van der Waals surface area contributed by atoms with Gasteiger partial charge in [-0.15, -0.1) is 0 Å². The van der Waals surface area contributed by atoms with Gasteiger partial charge in [0.05, 0.1) is 6.07 Å². The fourth-order valence-electron chi connectivity index (χ4n) is 2.10. The van der Waals surface area contributed by atoms with Gasteiger partial charge in [0.25, 0.3) is 0 Å². The number of hydrogen-bond acceptors (Lipinski definition) is 2. The highest BCUT2D eigenvalue weighted by Gasteiger charge is 2.29. The summed E-state index contributed by atoms with van der Waals surface area (Å²) in [5.41, 5.74) is 0.894. The predicted octanol–water partition coefficient (Wildman–Crippen LogP) is 3.49. The number of nitriles is 1. The monoisotopic (exact) mass is 230 g/mol. The van der Waals surface area contributed by atoms with Crippen LogP contribution in [0.1, 0.15) is 39.7 Å².